The third-order valence-corrected chi connectivity index (χ3v) is 1.52. The average molecular weight is 165 g/mol. The second-order valence-corrected chi connectivity index (χ2v) is 2.56. The SMILES string of the molecule is C=C1C(=O)N=C(CCC)N=C1N. The largest absolute Gasteiger partial charge is 0.383 e. The van der Waals surface area contributed by atoms with Crippen molar-refractivity contribution in [3.8, 4) is 0 Å². The third-order valence-electron chi connectivity index (χ3n) is 1.52. The van der Waals surface area contributed by atoms with Gasteiger partial charge < -0.3 is 5.73 Å². The maximum Gasteiger partial charge on any atom is 0.281 e. The molecule has 0 atom stereocenters. The van der Waals surface area contributed by atoms with Crippen molar-refractivity contribution in [3.63, 3.8) is 0 Å². The Morgan fingerprint density at radius 1 is 1.50 bits per heavy atom. The summed E-state index contributed by atoms with van der Waals surface area (Å²) in [6.07, 6.45) is 1.58. The molecule has 0 bridgehead atoms. The Morgan fingerprint density at radius 3 is 2.67 bits per heavy atom. The molecule has 0 aromatic rings. The number of carbonyl (C=O) groups excluding carboxylic acids is 1. The van der Waals surface area contributed by atoms with E-state index in [0.29, 0.717) is 12.3 Å². The van der Waals surface area contributed by atoms with Gasteiger partial charge in [0, 0.05) is 6.42 Å². The van der Waals surface area contributed by atoms with Crippen molar-refractivity contribution in [1.29, 1.82) is 0 Å². The van der Waals surface area contributed by atoms with Crippen LogP contribution in [0.1, 0.15) is 19.8 Å². The molecule has 0 radical (unpaired) electrons. The van der Waals surface area contributed by atoms with Crippen molar-refractivity contribution in [2.45, 2.75) is 19.8 Å². The standard InChI is InChI=1S/C8H11N3O/c1-3-4-6-10-7(9)5(2)8(12)11-6/h2-4H2,1H3,(H2,9,10,11,12). The quantitative estimate of drug-likeness (QED) is 0.610. The van der Waals surface area contributed by atoms with Gasteiger partial charge >= 0.3 is 0 Å². The second-order valence-electron chi connectivity index (χ2n) is 2.56. The molecule has 0 unspecified atom stereocenters. The summed E-state index contributed by atoms with van der Waals surface area (Å²) in [6.45, 7) is 5.45. The van der Waals surface area contributed by atoms with E-state index in [-0.39, 0.29) is 17.3 Å². The van der Waals surface area contributed by atoms with Gasteiger partial charge in [0.2, 0.25) is 0 Å². The molecule has 0 fully saturated rings. The zero-order chi connectivity index (χ0) is 9.14. The zero-order valence-electron chi connectivity index (χ0n) is 7.00. The van der Waals surface area contributed by atoms with Crippen molar-refractivity contribution in [2.24, 2.45) is 15.7 Å². The van der Waals surface area contributed by atoms with E-state index in [1.165, 1.54) is 0 Å². The summed E-state index contributed by atoms with van der Waals surface area (Å²) in [5.74, 6) is 0.330. The van der Waals surface area contributed by atoms with Gasteiger partial charge in [-0.15, -0.1) is 0 Å². The van der Waals surface area contributed by atoms with Crippen LogP contribution in [-0.4, -0.2) is 17.6 Å². The van der Waals surface area contributed by atoms with Gasteiger partial charge in [-0.05, 0) is 6.42 Å². The normalized spacial score (nSPS) is 17.4. The Labute approximate surface area is 70.9 Å². The van der Waals surface area contributed by atoms with Crippen LogP contribution >= 0.6 is 0 Å². The third kappa shape index (κ3) is 1.58. The molecule has 12 heavy (non-hydrogen) atoms. The lowest BCUT2D eigenvalue weighted by Gasteiger charge is -2.08. The van der Waals surface area contributed by atoms with Gasteiger partial charge in [0.05, 0.1) is 5.57 Å². The fourth-order valence-corrected chi connectivity index (χ4v) is 0.861. The molecule has 64 valence electrons. The first kappa shape index (κ1) is 8.64. The second kappa shape index (κ2) is 3.30. The van der Waals surface area contributed by atoms with E-state index in [4.69, 9.17) is 5.73 Å². The van der Waals surface area contributed by atoms with Gasteiger partial charge in [0.25, 0.3) is 5.91 Å². The highest BCUT2D eigenvalue weighted by molar-refractivity contribution is 6.27. The molecule has 0 aromatic heterocycles. The van der Waals surface area contributed by atoms with E-state index in [1.807, 2.05) is 6.92 Å². The van der Waals surface area contributed by atoms with Crippen LogP contribution in [0.15, 0.2) is 22.1 Å². The first-order valence-electron chi connectivity index (χ1n) is 3.80. The Bertz CT molecular complexity index is 289. The summed E-state index contributed by atoms with van der Waals surface area (Å²) < 4.78 is 0. The highest BCUT2D eigenvalue weighted by atomic mass is 16.1. The minimum Gasteiger partial charge on any atom is -0.383 e. The van der Waals surface area contributed by atoms with Gasteiger partial charge in [0.1, 0.15) is 11.7 Å². The molecular formula is C8H11N3O. The molecule has 0 spiro atoms. The monoisotopic (exact) mass is 165 g/mol. The number of rotatable bonds is 2. The van der Waals surface area contributed by atoms with Gasteiger partial charge in [-0.3, -0.25) is 4.79 Å². The fraction of sp³-hybridized carbons (Fsp3) is 0.375. The van der Waals surface area contributed by atoms with Crippen LogP contribution < -0.4 is 5.73 Å². The van der Waals surface area contributed by atoms with Crippen LogP contribution in [0, 0.1) is 0 Å². The molecule has 1 aliphatic rings. The van der Waals surface area contributed by atoms with Gasteiger partial charge in [-0.1, -0.05) is 13.5 Å². The molecular weight excluding hydrogens is 154 g/mol. The van der Waals surface area contributed by atoms with Crippen LogP contribution in [0.25, 0.3) is 0 Å². The van der Waals surface area contributed by atoms with Gasteiger partial charge in [-0.25, -0.2) is 4.99 Å². The Hall–Kier alpha value is -1.45. The maximum absolute atomic E-state index is 11.0. The minimum absolute atomic E-state index is 0.190. The molecule has 4 nitrogen and oxygen atoms in total. The first-order chi connectivity index (χ1) is 5.65. The summed E-state index contributed by atoms with van der Waals surface area (Å²) in [7, 11) is 0. The number of carbonyl (C=O) groups is 1. The lowest BCUT2D eigenvalue weighted by molar-refractivity contribution is -0.113. The van der Waals surface area contributed by atoms with Crippen molar-refractivity contribution in [2.75, 3.05) is 0 Å². The number of nitrogens with zero attached hydrogens (tertiary/aromatic N) is 2. The molecule has 0 aromatic carbocycles. The van der Waals surface area contributed by atoms with Crippen molar-refractivity contribution < 1.29 is 4.79 Å². The molecule has 0 aliphatic carbocycles. The molecule has 4 heteroatoms. The average Bonchev–Trinajstić information content (AvgIpc) is 2.01. The number of amidine groups is 2. The van der Waals surface area contributed by atoms with E-state index in [0.717, 1.165) is 6.42 Å². The number of hydrogen-bond acceptors (Lipinski definition) is 3. The first-order valence-corrected chi connectivity index (χ1v) is 3.80. The van der Waals surface area contributed by atoms with Crippen molar-refractivity contribution >= 4 is 17.6 Å². The van der Waals surface area contributed by atoms with Crippen LogP contribution in [0.3, 0.4) is 0 Å². The lowest BCUT2D eigenvalue weighted by atomic mass is 10.2. The Kier molecular flexibility index (Phi) is 2.38. The van der Waals surface area contributed by atoms with E-state index in [1.54, 1.807) is 0 Å². The highest BCUT2D eigenvalue weighted by Gasteiger charge is 2.16. The van der Waals surface area contributed by atoms with E-state index >= 15 is 0 Å². The molecule has 1 heterocycles. The summed E-state index contributed by atoms with van der Waals surface area (Å²) in [4.78, 5) is 18.7. The summed E-state index contributed by atoms with van der Waals surface area (Å²) >= 11 is 0. The minimum atomic E-state index is -0.369. The van der Waals surface area contributed by atoms with Crippen LogP contribution in [0.2, 0.25) is 0 Å². The molecule has 1 rings (SSSR count). The molecule has 0 saturated carbocycles. The maximum atomic E-state index is 11.0. The highest BCUT2D eigenvalue weighted by Crippen LogP contribution is 2.06. The van der Waals surface area contributed by atoms with Gasteiger partial charge in [-0.2, -0.15) is 4.99 Å². The Morgan fingerprint density at radius 2 is 2.17 bits per heavy atom. The number of hydrogen-bond donors (Lipinski definition) is 1. The fourth-order valence-electron chi connectivity index (χ4n) is 0.861. The number of nitrogens with two attached hydrogens (primary N) is 1. The topological polar surface area (TPSA) is 67.8 Å². The molecule has 2 N–H and O–H groups in total. The van der Waals surface area contributed by atoms with Crippen LogP contribution in [0.4, 0.5) is 0 Å². The lowest BCUT2D eigenvalue weighted by Crippen LogP contribution is -2.25. The molecule has 0 saturated heterocycles. The van der Waals surface area contributed by atoms with Crippen molar-refractivity contribution in [1.82, 2.24) is 0 Å². The Balaban J connectivity index is 2.87. The van der Waals surface area contributed by atoms with E-state index in [9.17, 15) is 4.79 Å². The van der Waals surface area contributed by atoms with Crippen LogP contribution in [0.5, 0.6) is 0 Å². The summed E-state index contributed by atoms with van der Waals surface area (Å²) in [5, 5.41) is 0. The summed E-state index contributed by atoms with van der Waals surface area (Å²) in [6, 6.07) is 0. The predicted octanol–water partition coefficient (Wildman–Crippen LogP) is 0.639. The number of aliphatic imine (C=N–C) groups is 2. The smallest absolute Gasteiger partial charge is 0.281 e. The summed E-state index contributed by atoms with van der Waals surface area (Å²) in [5.41, 5.74) is 5.63. The molecule has 1 amide bonds. The van der Waals surface area contributed by atoms with Crippen LogP contribution in [-0.2, 0) is 4.79 Å². The van der Waals surface area contributed by atoms with E-state index < -0.39 is 0 Å². The van der Waals surface area contributed by atoms with E-state index in [2.05, 4.69) is 16.6 Å². The van der Waals surface area contributed by atoms with Gasteiger partial charge in [0.15, 0.2) is 0 Å². The molecule has 1 aliphatic heterocycles. The zero-order valence-corrected chi connectivity index (χ0v) is 7.00. The predicted molar refractivity (Wildman–Crippen MR) is 48.1 cm³/mol. The number of amides is 1. The van der Waals surface area contributed by atoms with Crippen molar-refractivity contribution in [3.05, 3.63) is 12.2 Å².